The van der Waals surface area contributed by atoms with E-state index in [0.29, 0.717) is 41.2 Å². The van der Waals surface area contributed by atoms with E-state index in [9.17, 15) is 35.5 Å². The highest BCUT2D eigenvalue weighted by Crippen LogP contribution is 2.49. The fraction of sp³-hybridized carbons (Fsp3) is 0.417. The molecule has 2 heterocycles. The molecule has 1 fully saturated rings. The van der Waals surface area contributed by atoms with Crippen LogP contribution < -0.4 is 5.73 Å². The highest BCUT2D eigenvalue weighted by atomic mass is 19.4. The van der Waals surface area contributed by atoms with Gasteiger partial charge in [-0.25, -0.2) is 9.37 Å². The normalized spacial score (nSPS) is 15.5. The van der Waals surface area contributed by atoms with Crippen LogP contribution in [0.15, 0.2) is 71.1 Å². The Morgan fingerprint density at radius 3 is 2.08 bits per heavy atom. The summed E-state index contributed by atoms with van der Waals surface area (Å²) in [5.41, 5.74) is 5.22. The monoisotopic (exact) mass is 690 g/mol. The fourth-order valence-corrected chi connectivity index (χ4v) is 5.84. The third-order valence-electron chi connectivity index (χ3n) is 9.01. The number of aromatic nitrogens is 1. The number of hydrogen-bond acceptors (Lipinski definition) is 5. The van der Waals surface area contributed by atoms with Gasteiger partial charge in [0.05, 0.1) is 11.6 Å². The lowest BCUT2D eigenvalue weighted by atomic mass is 9.74. The summed E-state index contributed by atoms with van der Waals surface area (Å²) in [5.74, 6) is 0.187. The van der Waals surface area contributed by atoms with Crippen molar-refractivity contribution in [3.8, 4) is 17.5 Å². The van der Waals surface area contributed by atoms with Crippen molar-refractivity contribution in [1.82, 2.24) is 9.88 Å². The van der Waals surface area contributed by atoms with Crippen molar-refractivity contribution in [3.63, 3.8) is 0 Å². The molecule has 49 heavy (non-hydrogen) atoms. The number of carbonyl (C=O) groups is 1. The highest BCUT2D eigenvalue weighted by Gasteiger charge is 2.71. The maximum atomic E-state index is 13.6. The summed E-state index contributed by atoms with van der Waals surface area (Å²) in [7, 11) is 0. The standard InChI is InChI=1S/C18H22F7N.C18H15N3O2/c1-15(14-6-3-2-4-7-14)9-12-26(13-10-15)11-5-8-16(19,17(20,21)22)18(23,24)25;1-10(2)14-7-11(9-19)8-15-16(14)23-18(21-15)13-5-3-12(4-6-13)17(20)22/h2-4,6-7H,5,8-13H2,1H3;3-8,10H,1-2H3,(H2,20,22). The molecule has 13 heteroatoms. The van der Waals surface area contributed by atoms with E-state index in [1.54, 1.807) is 35.2 Å². The number of primary amides is 1. The van der Waals surface area contributed by atoms with Crippen LogP contribution in [0, 0.1) is 11.3 Å². The molecule has 0 saturated carbocycles. The lowest BCUT2D eigenvalue weighted by Gasteiger charge is -2.40. The van der Waals surface area contributed by atoms with Gasteiger partial charge < -0.3 is 15.1 Å². The summed E-state index contributed by atoms with van der Waals surface area (Å²) in [6, 6.07) is 22.3. The van der Waals surface area contributed by atoms with Crippen LogP contribution in [0.2, 0.25) is 0 Å². The second-order valence-corrected chi connectivity index (χ2v) is 12.8. The SMILES string of the molecule is CC(C)c1cc(C#N)cc2nc(-c3ccc(C(N)=O)cc3)oc12.CC1(c2ccccc2)CCN(CCCC(F)(C(F)(F)F)C(F)(F)F)CC1. The van der Waals surface area contributed by atoms with Gasteiger partial charge >= 0.3 is 12.4 Å². The minimum Gasteiger partial charge on any atom is -0.436 e. The van der Waals surface area contributed by atoms with Crippen LogP contribution in [0.1, 0.15) is 79.4 Å². The molecule has 1 aromatic heterocycles. The number of carbonyl (C=O) groups excluding carboxylic acids is 1. The van der Waals surface area contributed by atoms with Crippen LogP contribution in [0.3, 0.4) is 0 Å². The summed E-state index contributed by atoms with van der Waals surface area (Å²) >= 11 is 0. The zero-order valence-corrected chi connectivity index (χ0v) is 27.3. The Bertz CT molecular complexity index is 1750. The maximum absolute atomic E-state index is 13.6. The number of alkyl halides is 7. The van der Waals surface area contributed by atoms with Crippen molar-refractivity contribution in [2.24, 2.45) is 5.73 Å². The summed E-state index contributed by atoms with van der Waals surface area (Å²) in [4.78, 5) is 17.4. The zero-order chi connectivity index (χ0) is 36.2. The van der Waals surface area contributed by atoms with Crippen LogP contribution in [0.25, 0.3) is 22.6 Å². The molecule has 1 saturated heterocycles. The quantitative estimate of drug-likeness (QED) is 0.186. The van der Waals surface area contributed by atoms with E-state index < -0.39 is 36.8 Å². The van der Waals surface area contributed by atoms with Crippen molar-refractivity contribution in [3.05, 3.63) is 89.0 Å². The molecule has 6 nitrogen and oxygen atoms in total. The largest absolute Gasteiger partial charge is 0.436 e. The first-order valence-electron chi connectivity index (χ1n) is 15.7. The number of halogens is 7. The number of amides is 1. The smallest absolute Gasteiger partial charge is 0.431 e. The van der Waals surface area contributed by atoms with E-state index in [0.717, 1.165) is 29.5 Å². The number of benzene rings is 3. The Kier molecular flexibility index (Phi) is 11.1. The zero-order valence-electron chi connectivity index (χ0n) is 27.3. The van der Waals surface area contributed by atoms with Crippen molar-refractivity contribution < 1.29 is 39.9 Å². The van der Waals surface area contributed by atoms with E-state index >= 15 is 0 Å². The first-order valence-corrected chi connectivity index (χ1v) is 15.7. The number of rotatable bonds is 8. The van der Waals surface area contributed by atoms with E-state index in [1.807, 2.05) is 50.2 Å². The molecule has 1 aliphatic rings. The third kappa shape index (κ3) is 8.41. The molecular weight excluding hydrogens is 653 g/mol. The molecule has 0 bridgehead atoms. The number of oxazole rings is 1. The summed E-state index contributed by atoms with van der Waals surface area (Å²) in [6.07, 6.45) is -12.5. The van der Waals surface area contributed by atoms with Gasteiger partial charge in [0.25, 0.3) is 5.67 Å². The van der Waals surface area contributed by atoms with Crippen LogP contribution in [-0.2, 0) is 5.41 Å². The van der Waals surface area contributed by atoms with Crippen LogP contribution >= 0.6 is 0 Å². The maximum Gasteiger partial charge on any atom is 0.431 e. The number of nitrogens with two attached hydrogens (primary N) is 1. The van der Waals surface area contributed by atoms with Gasteiger partial charge in [0.2, 0.25) is 11.8 Å². The Hall–Kier alpha value is -4.44. The van der Waals surface area contributed by atoms with Crippen molar-refractivity contribution in [2.75, 3.05) is 19.6 Å². The predicted molar refractivity (Wildman–Crippen MR) is 171 cm³/mol. The van der Waals surface area contributed by atoms with Crippen molar-refractivity contribution in [2.45, 2.75) is 75.8 Å². The van der Waals surface area contributed by atoms with E-state index in [4.69, 9.17) is 15.4 Å². The molecule has 0 atom stereocenters. The lowest BCUT2D eigenvalue weighted by Crippen LogP contribution is -2.53. The molecule has 4 aromatic rings. The van der Waals surface area contributed by atoms with Gasteiger partial charge in [0.1, 0.15) is 5.52 Å². The Morgan fingerprint density at radius 1 is 0.980 bits per heavy atom. The first-order chi connectivity index (χ1) is 22.9. The molecule has 1 amide bonds. The number of fused-ring (bicyclic) bond motifs is 1. The molecule has 3 aromatic carbocycles. The molecule has 2 N–H and O–H groups in total. The number of hydrogen-bond donors (Lipinski definition) is 1. The van der Waals surface area contributed by atoms with Gasteiger partial charge in [-0.1, -0.05) is 51.1 Å². The van der Waals surface area contributed by atoms with Crippen LogP contribution in [-0.4, -0.2) is 53.4 Å². The average molecular weight is 691 g/mol. The molecule has 0 spiro atoms. The van der Waals surface area contributed by atoms with Gasteiger partial charge in [-0.05, 0) is 92.2 Å². The van der Waals surface area contributed by atoms with Crippen molar-refractivity contribution >= 4 is 17.0 Å². The number of piperidine rings is 1. The molecule has 262 valence electrons. The molecule has 1 aliphatic heterocycles. The second kappa shape index (κ2) is 14.6. The van der Waals surface area contributed by atoms with Gasteiger partial charge in [-0.2, -0.15) is 31.6 Å². The van der Waals surface area contributed by atoms with E-state index in [-0.39, 0.29) is 17.9 Å². The topological polar surface area (TPSA) is 96.2 Å². The minimum absolute atomic E-state index is 0.0166. The van der Waals surface area contributed by atoms with Crippen LogP contribution in [0.5, 0.6) is 0 Å². The number of likely N-dealkylation sites (tertiary alicyclic amines) is 1. The summed E-state index contributed by atoms with van der Waals surface area (Å²) < 4.78 is 94.8. The summed E-state index contributed by atoms with van der Waals surface area (Å²) in [5, 5.41) is 9.16. The predicted octanol–water partition coefficient (Wildman–Crippen LogP) is 9.24. The lowest BCUT2D eigenvalue weighted by molar-refractivity contribution is -0.343. The number of nitriles is 1. The summed E-state index contributed by atoms with van der Waals surface area (Å²) in [6.45, 7) is 7.31. The third-order valence-corrected chi connectivity index (χ3v) is 9.01. The van der Waals surface area contributed by atoms with Crippen LogP contribution in [0.4, 0.5) is 30.7 Å². The first kappa shape index (κ1) is 37.4. The number of nitrogens with zero attached hydrogens (tertiary/aromatic N) is 3. The van der Waals surface area contributed by atoms with Gasteiger partial charge in [-0.3, -0.25) is 4.79 Å². The molecule has 0 radical (unpaired) electrons. The highest BCUT2D eigenvalue weighted by molar-refractivity contribution is 5.93. The minimum atomic E-state index is -5.96. The second-order valence-electron chi connectivity index (χ2n) is 12.8. The Labute approximate surface area is 279 Å². The molecule has 5 rings (SSSR count). The van der Waals surface area contributed by atoms with E-state index in [1.165, 1.54) is 0 Å². The molecular formula is C36H37F7N4O2. The fourth-order valence-electron chi connectivity index (χ4n) is 5.84. The average Bonchev–Trinajstić information content (AvgIpc) is 3.49. The molecule has 0 aliphatic carbocycles. The van der Waals surface area contributed by atoms with Gasteiger partial charge in [-0.15, -0.1) is 0 Å². The molecule has 0 unspecified atom stereocenters. The van der Waals surface area contributed by atoms with E-state index in [2.05, 4.69) is 18.0 Å². The van der Waals surface area contributed by atoms with Crippen molar-refractivity contribution in [1.29, 1.82) is 5.26 Å². The Balaban J connectivity index is 0.000000222. The van der Waals surface area contributed by atoms with Gasteiger partial charge in [0, 0.05) is 23.1 Å². The Morgan fingerprint density at radius 2 is 1.57 bits per heavy atom. The van der Waals surface area contributed by atoms with Gasteiger partial charge in [0.15, 0.2) is 5.58 Å².